The summed E-state index contributed by atoms with van der Waals surface area (Å²) in [5.74, 6) is 0.975. The predicted octanol–water partition coefficient (Wildman–Crippen LogP) is 3.69. The summed E-state index contributed by atoms with van der Waals surface area (Å²) >= 11 is 0. The minimum absolute atomic E-state index is 0.263. The molecule has 2 rings (SSSR count). The van der Waals surface area contributed by atoms with Gasteiger partial charge in [-0.15, -0.1) is 0 Å². The fourth-order valence-corrected chi connectivity index (χ4v) is 3.04. The third kappa shape index (κ3) is 3.97. The summed E-state index contributed by atoms with van der Waals surface area (Å²) in [6.07, 6.45) is 3.85. The van der Waals surface area contributed by atoms with Crippen LogP contribution in [-0.2, 0) is 4.74 Å². The van der Waals surface area contributed by atoms with Crippen LogP contribution in [0.4, 0.5) is 0 Å². The molecule has 0 bridgehead atoms. The Labute approximate surface area is 122 Å². The van der Waals surface area contributed by atoms with Gasteiger partial charge < -0.3 is 14.8 Å². The third-order valence-electron chi connectivity index (χ3n) is 3.97. The summed E-state index contributed by atoms with van der Waals surface area (Å²) in [6.45, 7) is 6.43. The smallest absolute Gasteiger partial charge is 0.120 e. The summed E-state index contributed by atoms with van der Waals surface area (Å²) in [4.78, 5) is 0. The highest BCUT2D eigenvalue weighted by Gasteiger charge is 2.25. The zero-order valence-electron chi connectivity index (χ0n) is 13.1. The van der Waals surface area contributed by atoms with Gasteiger partial charge in [-0.2, -0.15) is 0 Å². The maximum atomic E-state index is 6.17. The van der Waals surface area contributed by atoms with E-state index in [0.717, 1.165) is 25.0 Å². The molecule has 0 radical (unpaired) electrons. The minimum atomic E-state index is 0.263. The number of nitrogens with one attached hydrogen (secondary N) is 1. The molecule has 3 unspecified atom stereocenters. The molecule has 1 aromatic rings. The largest absolute Gasteiger partial charge is 0.490 e. The molecule has 3 atom stereocenters. The van der Waals surface area contributed by atoms with Crippen molar-refractivity contribution in [3.05, 3.63) is 29.8 Å². The van der Waals surface area contributed by atoms with Crippen molar-refractivity contribution < 1.29 is 9.47 Å². The molecule has 0 amide bonds. The maximum Gasteiger partial charge on any atom is 0.120 e. The Morgan fingerprint density at radius 2 is 2.00 bits per heavy atom. The van der Waals surface area contributed by atoms with Crippen LogP contribution in [0.3, 0.4) is 0 Å². The molecular formula is C17H27NO2. The van der Waals surface area contributed by atoms with Crippen LogP contribution in [-0.4, -0.2) is 25.4 Å². The van der Waals surface area contributed by atoms with Crippen LogP contribution < -0.4 is 10.1 Å². The van der Waals surface area contributed by atoms with Crippen molar-refractivity contribution in [2.75, 3.05) is 7.05 Å². The maximum absolute atomic E-state index is 6.17. The third-order valence-corrected chi connectivity index (χ3v) is 3.97. The van der Waals surface area contributed by atoms with Gasteiger partial charge in [-0.3, -0.25) is 0 Å². The lowest BCUT2D eigenvalue weighted by atomic mass is 10.0. The monoisotopic (exact) mass is 277 g/mol. The number of rotatable bonds is 5. The highest BCUT2D eigenvalue weighted by atomic mass is 16.5. The minimum Gasteiger partial charge on any atom is -0.490 e. The number of ether oxygens (including phenoxy) is 2. The zero-order valence-corrected chi connectivity index (χ0v) is 13.1. The zero-order chi connectivity index (χ0) is 14.5. The highest BCUT2D eigenvalue weighted by molar-refractivity contribution is 5.30. The second kappa shape index (κ2) is 7.09. The molecule has 20 heavy (non-hydrogen) atoms. The summed E-state index contributed by atoms with van der Waals surface area (Å²) in [6, 6.07) is 8.85. The van der Waals surface area contributed by atoms with E-state index in [-0.39, 0.29) is 18.3 Å². The van der Waals surface area contributed by atoms with E-state index in [2.05, 4.69) is 50.4 Å². The predicted molar refractivity (Wildman–Crippen MR) is 82.2 cm³/mol. The van der Waals surface area contributed by atoms with E-state index in [1.165, 1.54) is 5.56 Å². The molecular weight excluding hydrogens is 250 g/mol. The van der Waals surface area contributed by atoms with E-state index in [1.54, 1.807) is 0 Å². The molecule has 1 heterocycles. The molecule has 1 fully saturated rings. The van der Waals surface area contributed by atoms with Gasteiger partial charge in [0, 0.05) is 18.9 Å². The van der Waals surface area contributed by atoms with Crippen LogP contribution in [0.25, 0.3) is 0 Å². The molecule has 0 aliphatic carbocycles. The van der Waals surface area contributed by atoms with E-state index in [9.17, 15) is 0 Å². The second-order valence-corrected chi connectivity index (χ2v) is 5.79. The highest BCUT2D eigenvalue weighted by Crippen LogP contribution is 2.26. The number of hydrogen-bond acceptors (Lipinski definition) is 3. The summed E-state index contributed by atoms with van der Waals surface area (Å²) in [5.41, 5.74) is 1.29. The standard InChI is InChI=1S/C17H27NO2/c1-5-17(18-4)14-7-6-8-15(11-14)20-16-9-12(2)19-13(3)10-16/h6-8,11-13,16-18H,5,9-10H2,1-4H3. The average molecular weight is 277 g/mol. The Hall–Kier alpha value is -1.06. The molecule has 112 valence electrons. The van der Waals surface area contributed by atoms with Crippen molar-refractivity contribution in [3.8, 4) is 5.75 Å². The lowest BCUT2D eigenvalue weighted by Crippen LogP contribution is -2.35. The van der Waals surface area contributed by atoms with Crippen molar-refractivity contribution in [1.29, 1.82) is 0 Å². The molecule has 1 aliphatic heterocycles. The van der Waals surface area contributed by atoms with Crippen LogP contribution in [0, 0.1) is 0 Å². The van der Waals surface area contributed by atoms with E-state index < -0.39 is 0 Å². The number of hydrogen-bond donors (Lipinski definition) is 1. The van der Waals surface area contributed by atoms with Crippen molar-refractivity contribution in [2.45, 2.75) is 64.4 Å². The molecule has 1 aromatic carbocycles. The van der Waals surface area contributed by atoms with Crippen LogP contribution in [0.15, 0.2) is 24.3 Å². The second-order valence-electron chi connectivity index (χ2n) is 5.79. The molecule has 1 aliphatic rings. The Balaban J connectivity index is 2.04. The van der Waals surface area contributed by atoms with Gasteiger partial charge >= 0.3 is 0 Å². The van der Waals surface area contributed by atoms with Crippen LogP contribution >= 0.6 is 0 Å². The SMILES string of the molecule is CCC(NC)c1cccc(OC2CC(C)OC(C)C2)c1. The van der Waals surface area contributed by atoms with Crippen molar-refractivity contribution in [3.63, 3.8) is 0 Å². The quantitative estimate of drug-likeness (QED) is 0.890. The first-order valence-electron chi connectivity index (χ1n) is 7.71. The fraction of sp³-hybridized carbons (Fsp3) is 0.647. The Kier molecular flexibility index (Phi) is 5.44. The van der Waals surface area contributed by atoms with Crippen molar-refractivity contribution in [1.82, 2.24) is 5.32 Å². The molecule has 3 heteroatoms. The Morgan fingerprint density at radius 1 is 1.30 bits per heavy atom. The molecule has 0 saturated carbocycles. The molecule has 0 aromatic heterocycles. The van der Waals surface area contributed by atoms with Gasteiger partial charge in [-0.1, -0.05) is 19.1 Å². The van der Waals surface area contributed by atoms with Crippen molar-refractivity contribution in [2.24, 2.45) is 0 Å². The van der Waals surface area contributed by atoms with E-state index >= 15 is 0 Å². The summed E-state index contributed by atoms with van der Waals surface area (Å²) in [5, 5.41) is 3.34. The molecule has 1 N–H and O–H groups in total. The first-order valence-corrected chi connectivity index (χ1v) is 7.71. The molecule has 1 saturated heterocycles. The summed E-state index contributed by atoms with van der Waals surface area (Å²) < 4.78 is 11.9. The van der Waals surface area contributed by atoms with E-state index in [0.29, 0.717) is 6.04 Å². The average Bonchev–Trinajstić information content (AvgIpc) is 2.39. The van der Waals surface area contributed by atoms with Crippen molar-refractivity contribution >= 4 is 0 Å². The Morgan fingerprint density at radius 3 is 2.60 bits per heavy atom. The van der Waals surface area contributed by atoms with Gasteiger partial charge in [0.05, 0.1) is 12.2 Å². The van der Waals surface area contributed by atoms with Gasteiger partial charge in [0.2, 0.25) is 0 Å². The fourth-order valence-electron chi connectivity index (χ4n) is 3.04. The first kappa shape index (κ1) is 15.3. The van der Waals surface area contributed by atoms with Gasteiger partial charge in [0.25, 0.3) is 0 Å². The van der Waals surface area contributed by atoms with Gasteiger partial charge in [-0.05, 0) is 45.0 Å². The van der Waals surface area contributed by atoms with E-state index in [1.807, 2.05) is 7.05 Å². The van der Waals surface area contributed by atoms with Gasteiger partial charge in [0.1, 0.15) is 11.9 Å². The lowest BCUT2D eigenvalue weighted by molar-refractivity contribution is -0.0721. The van der Waals surface area contributed by atoms with Crippen LogP contribution in [0.5, 0.6) is 5.75 Å². The van der Waals surface area contributed by atoms with E-state index in [4.69, 9.17) is 9.47 Å². The summed E-state index contributed by atoms with van der Waals surface area (Å²) in [7, 11) is 2.00. The van der Waals surface area contributed by atoms with Gasteiger partial charge in [0.15, 0.2) is 0 Å². The lowest BCUT2D eigenvalue weighted by Gasteiger charge is -2.32. The molecule has 0 spiro atoms. The molecule has 3 nitrogen and oxygen atoms in total. The van der Waals surface area contributed by atoms with Crippen LogP contribution in [0.1, 0.15) is 51.6 Å². The van der Waals surface area contributed by atoms with Crippen LogP contribution in [0.2, 0.25) is 0 Å². The van der Waals surface area contributed by atoms with Gasteiger partial charge in [-0.25, -0.2) is 0 Å². The Bertz CT molecular complexity index is 407. The first-order chi connectivity index (χ1) is 9.62. The normalized spacial score (nSPS) is 28.1. The topological polar surface area (TPSA) is 30.5 Å². The number of benzene rings is 1.